The number of nitrogens with two attached hydrogens (primary N) is 1. The van der Waals surface area contributed by atoms with E-state index in [4.69, 9.17) is 10.5 Å². The monoisotopic (exact) mass is 373 g/mol. The number of amides is 1. The molecule has 0 saturated carbocycles. The number of nitrogen functional groups attached to an aromatic ring is 1. The molecule has 144 valence electrons. The number of anilines is 2. The highest BCUT2D eigenvalue weighted by atomic mass is 16.6. The molecule has 0 radical (unpaired) electrons. The van der Waals surface area contributed by atoms with Gasteiger partial charge >= 0.3 is 12.1 Å². The van der Waals surface area contributed by atoms with Crippen LogP contribution >= 0.6 is 0 Å². The van der Waals surface area contributed by atoms with Crippen LogP contribution in [0, 0.1) is 0 Å². The second-order valence-electron chi connectivity index (χ2n) is 7.45. The first-order chi connectivity index (χ1) is 12.6. The number of aromatic nitrogens is 2. The van der Waals surface area contributed by atoms with Crippen LogP contribution in [0.4, 0.5) is 16.3 Å². The Hall–Kier alpha value is -3.10. The van der Waals surface area contributed by atoms with Crippen LogP contribution in [0.5, 0.6) is 0 Å². The molecule has 3 N–H and O–H groups in total. The molecule has 0 unspecified atom stereocenters. The van der Waals surface area contributed by atoms with Gasteiger partial charge in [-0.3, -0.25) is 4.98 Å². The summed E-state index contributed by atoms with van der Waals surface area (Å²) in [7, 11) is 0. The van der Waals surface area contributed by atoms with E-state index in [2.05, 4.69) is 9.97 Å². The molecule has 2 aromatic rings. The van der Waals surface area contributed by atoms with Gasteiger partial charge in [0.25, 0.3) is 0 Å². The van der Waals surface area contributed by atoms with Crippen LogP contribution in [0.3, 0.4) is 0 Å². The Bertz CT molecular complexity index is 880. The van der Waals surface area contributed by atoms with Crippen LogP contribution < -0.4 is 10.6 Å². The number of hydrogen-bond acceptors (Lipinski definition) is 7. The number of rotatable bonds is 2. The van der Waals surface area contributed by atoms with Crippen molar-refractivity contribution in [2.75, 3.05) is 30.3 Å². The number of benzene rings is 1. The minimum absolute atomic E-state index is 0.00566. The average Bonchev–Trinajstić information content (AvgIpc) is 2.59. The number of piperazine rings is 1. The highest BCUT2D eigenvalue weighted by Crippen LogP contribution is 2.23. The van der Waals surface area contributed by atoms with Crippen molar-refractivity contribution >= 4 is 34.6 Å². The fourth-order valence-electron chi connectivity index (χ4n) is 2.92. The largest absolute Gasteiger partial charge is 0.480 e. The summed E-state index contributed by atoms with van der Waals surface area (Å²) < 4.78 is 5.35. The zero-order valence-electron chi connectivity index (χ0n) is 15.5. The van der Waals surface area contributed by atoms with Crippen molar-refractivity contribution in [2.24, 2.45) is 0 Å². The summed E-state index contributed by atoms with van der Waals surface area (Å²) in [6, 6.07) is 4.23. The SMILES string of the molecule is CC(C)(C)OC(=O)N1CCN(c2cnc3cc(N)ccc3n2)[C@H](C(=O)O)C1. The number of carbonyl (C=O) groups excluding carboxylic acids is 1. The molecule has 9 heteroatoms. The maximum atomic E-state index is 12.3. The topological polar surface area (TPSA) is 122 Å². The van der Waals surface area contributed by atoms with Crippen LogP contribution in [-0.2, 0) is 9.53 Å². The third-order valence-electron chi connectivity index (χ3n) is 4.16. The molecule has 1 aromatic heterocycles. The summed E-state index contributed by atoms with van der Waals surface area (Å²) in [5.41, 5.74) is 6.95. The molecule has 1 fully saturated rings. The second-order valence-corrected chi connectivity index (χ2v) is 7.45. The van der Waals surface area contributed by atoms with Crippen LogP contribution in [0.2, 0.25) is 0 Å². The zero-order valence-corrected chi connectivity index (χ0v) is 15.5. The highest BCUT2D eigenvalue weighted by molar-refractivity contribution is 5.82. The molecule has 1 atom stereocenters. The number of hydrogen-bond donors (Lipinski definition) is 2. The Labute approximate surface area is 156 Å². The van der Waals surface area contributed by atoms with Gasteiger partial charge in [-0.2, -0.15) is 0 Å². The Morgan fingerprint density at radius 2 is 2.00 bits per heavy atom. The molecule has 9 nitrogen and oxygen atoms in total. The molecule has 1 saturated heterocycles. The highest BCUT2D eigenvalue weighted by Gasteiger charge is 2.36. The molecule has 1 amide bonds. The number of aliphatic carboxylic acids is 1. The summed E-state index contributed by atoms with van der Waals surface area (Å²) in [6.45, 7) is 5.96. The van der Waals surface area contributed by atoms with E-state index in [9.17, 15) is 14.7 Å². The van der Waals surface area contributed by atoms with Gasteiger partial charge in [0.2, 0.25) is 0 Å². The Morgan fingerprint density at radius 3 is 2.67 bits per heavy atom. The lowest BCUT2D eigenvalue weighted by Crippen LogP contribution is -2.58. The lowest BCUT2D eigenvalue weighted by Gasteiger charge is -2.40. The Balaban J connectivity index is 1.83. The Kier molecular flexibility index (Phi) is 4.77. The van der Waals surface area contributed by atoms with Crippen molar-refractivity contribution in [1.82, 2.24) is 14.9 Å². The standard InChI is InChI=1S/C18H23N5O4/c1-18(2,3)27-17(26)22-6-7-23(14(10-22)16(24)25)15-9-20-13-8-11(19)4-5-12(13)21-15/h4-5,8-9,14H,6-7,10,19H2,1-3H3,(H,24,25)/t14-/m0/s1. The van der Waals surface area contributed by atoms with E-state index in [0.29, 0.717) is 35.6 Å². The van der Waals surface area contributed by atoms with Gasteiger partial charge in [0.05, 0.1) is 23.8 Å². The van der Waals surface area contributed by atoms with Crippen molar-refractivity contribution in [1.29, 1.82) is 0 Å². The molecule has 1 aliphatic heterocycles. The number of nitrogens with zero attached hydrogens (tertiary/aromatic N) is 4. The van der Waals surface area contributed by atoms with E-state index in [1.807, 2.05) is 0 Å². The van der Waals surface area contributed by atoms with Crippen molar-refractivity contribution in [2.45, 2.75) is 32.4 Å². The molecule has 0 spiro atoms. The van der Waals surface area contributed by atoms with Crippen LogP contribution in [0.1, 0.15) is 20.8 Å². The summed E-state index contributed by atoms with van der Waals surface area (Å²) in [5, 5.41) is 9.67. The van der Waals surface area contributed by atoms with E-state index >= 15 is 0 Å². The van der Waals surface area contributed by atoms with Crippen molar-refractivity contribution in [3.05, 3.63) is 24.4 Å². The van der Waals surface area contributed by atoms with Crippen molar-refractivity contribution in [3.63, 3.8) is 0 Å². The van der Waals surface area contributed by atoms with E-state index in [0.717, 1.165) is 0 Å². The number of fused-ring (bicyclic) bond motifs is 1. The molecular weight excluding hydrogens is 350 g/mol. The predicted molar refractivity (Wildman–Crippen MR) is 101 cm³/mol. The van der Waals surface area contributed by atoms with Crippen LogP contribution in [0.15, 0.2) is 24.4 Å². The molecule has 2 heterocycles. The first kappa shape index (κ1) is 18.7. The second kappa shape index (κ2) is 6.90. The number of ether oxygens (including phenoxy) is 1. The minimum atomic E-state index is -1.04. The maximum absolute atomic E-state index is 12.3. The van der Waals surface area contributed by atoms with Gasteiger partial charge in [-0.25, -0.2) is 14.6 Å². The molecule has 1 aliphatic rings. The molecule has 0 bridgehead atoms. The number of carboxylic acids is 1. The summed E-state index contributed by atoms with van der Waals surface area (Å²) in [5.74, 6) is -0.592. The van der Waals surface area contributed by atoms with Crippen molar-refractivity contribution in [3.8, 4) is 0 Å². The van der Waals surface area contributed by atoms with Gasteiger partial charge in [-0.1, -0.05) is 0 Å². The van der Waals surface area contributed by atoms with Crippen molar-refractivity contribution < 1.29 is 19.4 Å². The number of carbonyl (C=O) groups is 2. The first-order valence-electron chi connectivity index (χ1n) is 8.64. The summed E-state index contributed by atoms with van der Waals surface area (Å²) in [4.78, 5) is 36.0. The van der Waals surface area contributed by atoms with Gasteiger partial charge < -0.3 is 25.4 Å². The normalized spacial score (nSPS) is 17.8. The van der Waals surface area contributed by atoms with E-state index in [-0.39, 0.29) is 6.54 Å². The van der Waals surface area contributed by atoms with Crippen LogP contribution in [-0.4, -0.2) is 63.3 Å². The molecule has 27 heavy (non-hydrogen) atoms. The van der Waals surface area contributed by atoms with Gasteiger partial charge in [0, 0.05) is 18.8 Å². The predicted octanol–water partition coefficient (Wildman–Crippen LogP) is 1.72. The molecule has 3 rings (SSSR count). The third-order valence-corrected chi connectivity index (χ3v) is 4.16. The molecule has 1 aromatic carbocycles. The van der Waals surface area contributed by atoms with E-state index in [1.165, 1.54) is 11.1 Å². The maximum Gasteiger partial charge on any atom is 0.410 e. The fraction of sp³-hybridized carbons (Fsp3) is 0.444. The fourth-order valence-corrected chi connectivity index (χ4v) is 2.92. The lowest BCUT2D eigenvalue weighted by molar-refractivity contribution is -0.139. The van der Waals surface area contributed by atoms with Gasteiger partial charge in [-0.05, 0) is 39.0 Å². The summed E-state index contributed by atoms with van der Waals surface area (Å²) >= 11 is 0. The van der Waals surface area contributed by atoms with Crippen LogP contribution in [0.25, 0.3) is 11.0 Å². The summed E-state index contributed by atoms with van der Waals surface area (Å²) in [6.07, 6.45) is 1.01. The third kappa shape index (κ3) is 4.18. The molecule has 0 aliphatic carbocycles. The smallest absolute Gasteiger partial charge is 0.410 e. The quantitative estimate of drug-likeness (QED) is 0.763. The first-order valence-corrected chi connectivity index (χ1v) is 8.64. The minimum Gasteiger partial charge on any atom is -0.480 e. The average molecular weight is 373 g/mol. The Morgan fingerprint density at radius 1 is 1.26 bits per heavy atom. The van der Waals surface area contributed by atoms with Gasteiger partial charge in [-0.15, -0.1) is 0 Å². The molecular formula is C18H23N5O4. The lowest BCUT2D eigenvalue weighted by atomic mass is 10.1. The van der Waals surface area contributed by atoms with Gasteiger partial charge in [0.15, 0.2) is 0 Å². The zero-order chi connectivity index (χ0) is 19.8. The van der Waals surface area contributed by atoms with E-state index < -0.39 is 23.7 Å². The van der Waals surface area contributed by atoms with E-state index in [1.54, 1.807) is 43.9 Å². The number of carboxylic acid groups (broad SMARTS) is 1. The van der Waals surface area contributed by atoms with Gasteiger partial charge in [0.1, 0.15) is 17.5 Å².